The van der Waals surface area contributed by atoms with Gasteiger partial charge in [-0.3, -0.25) is 10.1 Å². The van der Waals surface area contributed by atoms with Gasteiger partial charge in [-0.05, 0) is 44.2 Å². The first kappa shape index (κ1) is 20.3. The van der Waals surface area contributed by atoms with E-state index >= 15 is 0 Å². The number of carbonyl (C=O) groups excluding carboxylic acids is 1. The lowest BCUT2D eigenvalue weighted by Gasteiger charge is -2.11. The summed E-state index contributed by atoms with van der Waals surface area (Å²) in [5, 5.41) is 6.48. The third kappa shape index (κ3) is 4.71. The van der Waals surface area contributed by atoms with Crippen molar-refractivity contribution in [3.63, 3.8) is 0 Å². The van der Waals surface area contributed by atoms with Gasteiger partial charge in [0.25, 0.3) is 0 Å². The van der Waals surface area contributed by atoms with Gasteiger partial charge in [-0.1, -0.05) is 0 Å². The Morgan fingerprint density at radius 1 is 1.17 bits per heavy atom. The lowest BCUT2D eigenvalue weighted by Crippen LogP contribution is -2.16. The zero-order valence-corrected chi connectivity index (χ0v) is 15.9. The molecule has 0 radical (unpaired) electrons. The van der Waals surface area contributed by atoms with Crippen molar-refractivity contribution in [2.75, 3.05) is 11.9 Å². The first-order valence-electron chi connectivity index (χ1n) is 8.71. The molecule has 2 heterocycles. The molecule has 10 heteroatoms. The van der Waals surface area contributed by atoms with Crippen molar-refractivity contribution in [1.82, 2.24) is 19.7 Å². The van der Waals surface area contributed by atoms with E-state index in [1.807, 2.05) is 6.92 Å². The maximum Gasteiger partial charge on any atom is 0.433 e. The van der Waals surface area contributed by atoms with E-state index in [9.17, 15) is 18.0 Å². The molecule has 0 aliphatic rings. The molecule has 29 heavy (non-hydrogen) atoms. The minimum absolute atomic E-state index is 0.0984. The number of ether oxygens (including phenoxy) is 1. The Labute approximate surface area is 164 Å². The van der Waals surface area contributed by atoms with Crippen LogP contribution < -0.4 is 10.1 Å². The Balaban J connectivity index is 2.09. The highest BCUT2D eigenvalue weighted by Gasteiger charge is 2.37. The van der Waals surface area contributed by atoms with Crippen LogP contribution in [0.4, 0.5) is 19.1 Å². The number of anilines is 1. The molecule has 0 atom stereocenters. The third-order valence-electron chi connectivity index (χ3n) is 3.81. The van der Waals surface area contributed by atoms with E-state index in [-0.39, 0.29) is 17.5 Å². The molecule has 0 fully saturated rings. The first-order valence-corrected chi connectivity index (χ1v) is 8.71. The molecule has 1 N–H and O–H groups in total. The first-order chi connectivity index (χ1) is 13.7. The number of amides is 1. The van der Waals surface area contributed by atoms with Gasteiger partial charge in [-0.15, -0.1) is 0 Å². The third-order valence-corrected chi connectivity index (χ3v) is 3.81. The maximum absolute atomic E-state index is 13.6. The molecule has 152 valence electrons. The number of nitrogens with zero attached hydrogens (tertiary/aromatic N) is 4. The zero-order valence-electron chi connectivity index (χ0n) is 15.9. The predicted octanol–water partition coefficient (Wildman–Crippen LogP) is 4.01. The fourth-order valence-corrected chi connectivity index (χ4v) is 2.66. The highest BCUT2D eigenvalue weighted by molar-refractivity contribution is 5.86. The molecule has 0 saturated heterocycles. The number of carbonyl (C=O) groups is 1. The fourth-order valence-electron chi connectivity index (χ4n) is 2.66. The van der Waals surface area contributed by atoms with E-state index < -0.39 is 17.8 Å². The standard InChI is InChI=1S/C19H18F3N5O2/c1-4-29-14-7-5-13(6-8-14)15-10-16(19(20,21)22)27(26-15)17-9-11(2)23-18(25-17)24-12(3)28/h5-10H,4H2,1-3H3,(H,23,24,25,28). The van der Waals surface area contributed by atoms with E-state index in [1.54, 1.807) is 31.2 Å². The van der Waals surface area contributed by atoms with Crippen LogP contribution >= 0.6 is 0 Å². The Morgan fingerprint density at radius 2 is 1.86 bits per heavy atom. The van der Waals surface area contributed by atoms with Gasteiger partial charge in [0.2, 0.25) is 11.9 Å². The molecule has 0 spiro atoms. The fraction of sp³-hybridized carbons (Fsp3) is 0.263. The van der Waals surface area contributed by atoms with Crippen LogP contribution in [0, 0.1) is 6.92 Å². The average molecular weight is 405 g/mol. The van der Waals surface area contributed by atoms with E-state index in [0.29, 0.717) is 28.3 Å². The van der Waals surface area contributed by atoms with Crippen LogP contribution in [0.5, 0.6) is 5.75 Å². The van der Waals surface area contributed by atoms with Gasteiger partial charge >= 0.3 is 6.18 Å². The van der Waals surface area contributed by atoms with Gasteiger partial charge in [-0.25, -0.2) is 9.67 Å². The monoisotopic (exact) mass is 405 g/mol. The summed E-state index contributed by atoms with van der Waals surface area (Å²) in [6.45, 7) is 5.16. The summed E-state index contributed by atoms with van der Waals surface area (Å²) < 4.78 is 47.0. The summed E-state index contributed by atoms with van der Waals surface area (Å²) in [6.07, 6.45) is -4.66. The average Bonchev–Trinajstić information content (AvgIpc) is 3.07. The van der Waals surface area contributed by atoms with Crippen molar-refractivity contribution < 1.29 is 22.7 Å². The van der Waals surface area contributed by atoms with Crippen LogP contribution in [0.3, 0.4) is 0 Å². The maximum atomic E-state index is 13.6. The van der Waals surface area contributed by atoms with Crippen LogP contribution in [0.1, 0.15) is 25.2 Å². The van der Waals surface area contributed by atoms with E-state index in [2.05, 4.69) is 20.4 Å². The van der Waals surface area contributed by atoms with Gasteiger partial charge < -0.3 is 4.74 Å². The Hall–Kier alpha value is -3.43. The second-order valence-corrected chi connectivity index (χ2v) is 6.15. The largest absolute Gasteiger partial charge is 0.494 e. The van der Waals surface area contributed by atoms with Crippen molar-refractivity contribution in [3.8, 4) is 22.8 Å². The molecule has 3 rings (SSSR count). The number of benzene rings is 1. The molecule has 0 unspecified atom stereocenters. The molecule has 0 aliphatic heterocycles. The summed E-state index contributed by atoms with van der Waals surface area (Å²) in [4.78, 5) is 19.3. The molecule has 1 amide bonds. The smallest absolute Gasteiger partial charge is 0.433 e. The number of aromatic nitrogens is 4. The number of nitrogens with one attached hydrogen (secondary N) is 1. The topological polar surface area (TPSA) is 81.9 Å². The van der Waals surface area contributed by atoms with Crippen LogP contribution in [0.25, 0.3) is 17.1 Å². The van der Waals surface area contributed by atoms with E-state index in [0.717, 1.165) is 6.07 Å². The number of rotatable bonds is 5. The summed E-state index contributed by atoms with van der Waals surface area (Å²) >= 11 is 0. The minimum Gasteiger partial charge on any atom is -0.494 e. The summed E-state index contributed by atoms with van der Waals surface area (Å²) in [6, 6.07) is 8.89. The Bertz CT molecular complexity index is 1030. The van der Waals surface area contributed by atoms with Gasteiger partial charge in [0.05, 0.1) is 12.3 Å². The second kappa shape index (κ2) is 7.90. The number of halogens is 3. The minimum atomic E-state index is -4.66. The van der Waals surface area contributed by atoms with E-state index in [4.69, 9.17) is 4.74 Å². The van der Waals surface area contributed by atoms with Gasteiger partial charge in [0, 0.05) is 24.2 Å². The van der Waals surface area contributed by atoms with Crippen LogP contribution in [-0.2, 0) is 11.0 Å². The summed E-state index contributed by atoms with van der Waals surface area (Å²) in [5.41, 5.74) is 0.00142. The lowest BCUT2D eigenvalue weighted by atomic mass is 10.1. The number of hydrogen-bond donors (Lipinski definition) is 1. The lowest BCUT2D eigenvalue weighted by molar-refractivity contribution is -0.142. The highest BCUT2D eigenvalue weighted by atomic mass is 19.4. The van der Waals surface area contributed by atoms with Crippen molar-refractivity contribution >= 4 is 11.9 Å². The normalized spacial score (nSPS) is 11.4. The molecule has 7 nitrogen and oxygen atoms in total. The van der Waals surface area contributed by atoms with Crippen LogP contribution in [-0.4, -0.2) is 32.3 Å². The van der Waals surface area contributed by atoms with Crippen LogP contribution in [0.15, 0.2) is 36.4 Å². The molecular formula is C19H18F3N5O2. The number of aryl methyl sites for hydroxylation is 1. The van der Waals surface area contributed by atoms with Crippen molar-refractivity contribution in [2.45, 2.75) is 26.9 Å². The Kier molecular flexibility index (Phi) is 5.53. The van der Waals surface area contributed by atoms with Gasteiger partial charge in [0.1, 0.15) is 5.75 Å². The second-order valence-electron chi connectivity index (χ2n) is 6.15. The van der Waals surface area contributed by atoms with Crippen LogP contribution in [0.2, 0.25) is 0 Å². The SMILES string of the molecule is CCOc1ccc(-c2cc(C(F)(F)F)n(-c3cc(C)nc(NC(C)=O)n3)n2)cc1. The van der Waals surface area contributed by atoms with Crippen molar-refractivity contribution in [3.05, 3.63) is 47.8 Å². The van der Waals surface area contributed by atoms with Gasteiger partial charge in [0.15, 0.2) is 11.5 Å². The molecule has 0 saturated carbocycles. The number of alkyl halides is 3. The van der Waals surface area contributed by atoms with Crippen molar-refractivity contribution in [1.29, 1.82) is 0 Å². The summed E-state index contributed by atoms with van der Waals surface area (Å²) in [7, 11) is 0. The molecule has 3 aromatic rings. The highest BCUT2D eigenvalue weighted by Crippen LogP contribution is 2.34. The Morgan fingerprint density at radius 3 is 2.45 bits per heavy atom. The predicted molar refractivity (Wildman–Crippen MR) is 99.8 cm³/mol. The molecule has 1 aromatic carbocycles. The number of hydrogen-bond acceptors (Lipinski definition) is 5. The quantitative estimate of drug-likeness (QED) is 0.694. The molecule has 0 aliphatic carbocycles. The van der Waals surface area contributed by atoms with E-state index in [1.165, 1.54) is 13.0 Å². The van der Waals surface area contributed by atoms with Crippen molar-refractivity contribution in [2.24, 2.45) is 0 Å². The molecule has 2 aromatic heterocycles. The molecular weight excluding hydrogens is 387 g/mol. The van der Waals surface area contributed by atoms with Gasteiger partial charge in [-0.2, -0.15) is 23.3 Å². The zero-order chi connectivity index (χ0) is 21.2. The molecule has 0 bridgehead atoms. The summed E-state index contributed by atoms with van der Waals surface area (Å²) in [5.74, 6) is -0.0317.